The zero-order valence-corrected chi connectivity index (χ0v) is 8.89. The van der Waals surface area contributed by atoms with Gasteiger partial charge in [0.1, 0.15) is 5.82 Å². The fourth-order valence-electron chi connectivity index (χ4n) is 1.62. The number of rotatable bonds is 5. The number of halogens is 1. The van der Waals surface area contributed by atoms with Crippen LogP contribution in [0.2, 0.25) is 0 Å². The molecule has 0 fully saturated rings. The van der Waals surface area contributed by atoms with E-state index in [1.54, 1.807) is 6.07 Å². The molecule has 1 rings (SSSR count). The summed E-state index contributed by atoms with van der Waals surface area (Å²) in [6.07, 6.45) is 1.90. The highest BCUT2D eigenvalue weighted by Crippen LogP contribution is 2.14. The van der Waals surface area contributed by atoms with E-state index in [4.69, 9.17) is 0 Å². The molecule has 0 saturated heterocycles. The van der Waals surface area contributed by atoms with Crippen LogP contribution in [0, 0.1) is 11.7 Å². The summed E-state index contributed by atoms with van der Waals surface area (Å²) in [5.41, 5.74) is 0.828. The molecule has 0 amide bonds. The normalized spacial score (nSPS) is 12.8. The van der Waals surface area contributed by atoms with Crippen LogP contribution >= 0.6 is 0 Å². The van der Waals surface area contributed by atoms with Crippen molar-refractivity contribution in [2.75, 3.05) is 13.6 Å². The molecule has 0 aromatic heterocycles. The maximum atomic E-state index is 13.3. The number of hydrogen-bond donors (Lipinski definition) is 1. The fourth-order valence-corrected chi connectivity index (χ4v) is 1.62. The van der Waals surface area contributed by atoms with Gasteiger partial charge in [-0.3, -0.25) is 0 Å². The summed E-state index contributed by atoms with van der Waals surface area (Å²) < 4.78 is 13.3. The third kappa shape index (κ3) is 3.11. The van der Waals surface area contributed by atoms with Crippen LogP contribution < -0.4 is 5.32 Å². The zero-order valence-electron chi connectivity index (χ0n) is 8.89. The summed E-state index contributed by atoms with van der Waals surface area (Å²) in [5, 5.41) is 3.14. The number of hydrogen-bond acceptors (Lipinski definition) is 1. The molecular weight excluding hydrogens is 177 g/mol. The Hall–Kier alpha value is -0.890. The summed E-state index contributed by atoms with van der Waals surface area (Å²) >= 11 is 0. The first-order chi connectivity index (χ1) is 6.77. The molecule has 1 nitrogen and oxygen atoms in total. The topological polar surface area (TPSA) is 12.0 Å². The average Bonchev–Trinajstić information content (AvgIpc) is 2.20. The molecule has 1 aromatic rings. The monoisotopic (exact) mass is 195 g/mol. The van der Waals surface area contributed by atoms with Gasteiger partial charge in [0, 0.05) is 0 Å². The first-order valence-electron chi connectivity index (χ1n) is 5.16. The van der Waals surface area contributed by atoms with Gasteiger partial charge in [0.2, 0.25) is 0 Å². The van der Waals surface area contributed by atoms with E-state index in [0.29, 0.717) is 5.92 Å². The molecule has 0 spiro atoms. The highest BCUT2D eigenvalue weighted by atomic mass is 19.1. The molecular formula is C12H18FN. The van der Waals surface area contributed by atoms with Gasteiger partial charge in [-0.2, -0.15) is 0 Å². The average molecular weight is 195 g/mol. The maximum absolute atomic E-state index is 13.3. The third-order valence-corrected chi connectivity index (χ3v) is 2.54. The van der Waals surface area contributed by atoms with Gasteiger partial charge >= 0.3 is 0 Å². The Morgan fingerprint density at radius 2 is 2.07 bits per heavy atom. The highest BCUT2D eigenvalue weighted by molar-refractivity contribution is 5.17. The summed E-state index contributed by atoms with van der Waals surface area (Å²) in [6.45, 7) is 3.09. The molecule has 2 heteroatoms. The van der Waals surface area contributed by atoms with Crippen molar-refractivity contribution in [1.82, 2.24) is 5.32 Å². The van der Waals surface area contributed by atoms with Crippen molar-refractivity contribution >= 4 is 0 Å². The summed E-state index contributed by atoms with van der Waals surface area (Å²) in [7, 11) is 1.93. The van der Waals surface area contributed by atoms with Gasteiger partial charge in [0.15, 0.2) is 0 Å². The predicted molar refractivity (Wildman–Crippen MR) is 57.8 cm³/mol. The minimum Gasteiger partial charge on any atom is -0.319 e. The smallest absolute Gasteiger partial charge is 0.126 e. The van der Waals surface area contributed by atoms with Gasteiger partial charge in [0.25, 0.3) is 0 Å². The Bertz CT molecular complexity index is 273. The molecule has 78 valence electrons. The van der Waals surface area contributed by atoms with E-state index in [2.05, 4.69) is 12.2 Å². The molecule has 0 bridgehead atoms. The summed E-state index contributed by atoms with van der Waals surface area (Å²) in [5.74, 6) is 0.443. The van der Waals surface area contributed by atoms with Gasteiger partial charge in [0.05, 0.1) is 0 Å². The fraction of sp³-hybridized carbons (Fsp3) is 0.500. The number of benzene rings is 1. The Balaban J connectivity index is 2.62. The van der Waals surface area contributed by atoms with Crippen LogP contribution in [0.15, 0.2) is 24.3 Å². The van der Waals surface area contributed by atoms with Crippen LogP contribution in [0.5, 0.6) is 0 Å². The van der Waals surface area contributed by atoms with Gasteiger partial charge in [-0.1, -0.05) is 31.5 Å². The lowest BCUT2D eigenvalue weighted by Gasteiger charge is -2.14. The third-order valence-electron chi connectivity index (χ3n) is 2.54. The molecule has 1 N–H and O–H groups in total. The first-order valence-corrected chi connectivity index (χ1v) is 5.16. The van der Waals surface area contributed by atoms with Crippen molar-refractivity contribution in [2.24, 2.45) is 5.92 Å². The zero-order chi connectivity index (χ0) is 10.4. The Morgan fingerprint density at radius 1 is 1.36 bits per heavy atom. The van der Waals surface area contributed by atoms with Crippen molar-refractivity contribution in [3.63, 3.8) is 0 Å². The van der Waals surface area contributed by atoms with Crippen molar-refractivity contribution in [1.29, 1.82) is 0 Å². The van der Waals surface area contributed by atoms with Crippen molar-refractivity contribution in [3.8, 4) is 0 Å². The van der Waals surface area contributed by atoms with Crippen LogP contribution in [0.1, 0.15) is 18.9 Å². The maximum Gasteiger partial charge on any atom is 0.126 e. The largest absolute Gasteiger partial charge is 0.319 e. The molecule has 0 aliphatic carbocycles. The first kappa shape index (κ1) is 11.2. The summed E-state index contributed by atoms with van der Waals surface area (Å²) in [4.78, 5) is 0. The van der Waals surface area contributed by atoms with Crippen molar-refractivity contribution < 1.29 is 4.39 Å². The standard InChI is InChI=1S/C12H18FN/c1-3-10(9-14-2)8-11-6-4-5-7-12(11)13/h4-7,10,14H,3,8-9H2,1-2H3. The molecule has 1 unspecified atom stereocenters. The lowest BCUT2D eigenvalue weighted by molar-refractivity contribution is 0.469. The molecule has 0 aliphatic heterocycles. The van der Waals surface area contributed by atoms with Crippen molar-refractivity contribution in [2.45, 2.75) is 19.8 Å². The van der Waals surface area contributed by atoms with Crippen LogP contribution in [0.4, 0.5) is 4.39 Å². The second kappa shape index (κ2) is 5.76. The molecule has 0 aliphatic rings. The Morgan fingerprint density at radius 3 is 2.64 bits per heavy atom. The SMILES string of the molecule is CCC(CNC)Cc1ccccc1F. The Labute approximate surface area is 85.3 Å². The van der Waals surface area contributed by atoms with Gasteiger partial charge in [-0.15, -0.1) is 0 Å². The molecule has 0 heterocycles. The van der Waals surface area contributed by atoms with Crippen LogP contribution in [0.25, 0.3) is 0 Å². The quantitative estimate of drug-likeness (QED) is 0.761. The molecule has 1 aromatic carbocycles. The Kier molecular flexibility index (Phi) is 4.60. The van der Waals surface area contributed by atoms with E-state index in [1.165, 1.54) is 6.07 Å². The van der Waals surface area contributed by atoms with E-state index in [9.17, 15) is 4.39 Å². The van der Waals surface area contributed by atoms with Crippen LogP contribution in [-0.4, -0.2) is 13.6 Å². The second-order valence-electron chi connectivity index (χ2n) is 3.63. The van der Waals surface area contributed by atoms with E-state index in [-0.39, 0.29) is 5.82 Å². The van der Waals surface area contributed by atoms with Crippen LogP contribution in [-0.2, 0) is 6.42 Å². The van der Waals surface area contributed by atoms with Gasteiger partial charge in [-0.05, 0) is 37.6 Å². The van der Waals surface area contributed by atoms with E-state index < -0.39 is 0 Å². The lowest BCUT2D eigenvalue weighted by Crippen LogP contribution is -2.20. The number of nitrogens with one attached hydrogen (secondary N) is 1. The summed E-state index contributed by atoms with van der Waals surface area (Å²) in [6, 6.07) is 7.03. The van der Waals surface area contributed by atoms with E-state index in [0.717, 1.165) is 24.9 Å². The van der Waals surface area contributed by atoms with Gasteiger partial charge in [-0.25, -0.2) is 4.39 Å². The minimum atomic E-state index is -0.0814. The molecule has 0 radical (unpaired) electrons. The molecule has 0 saturated carbocycles. The van der Waals surface area contributed by atoms with E-state index >= 15 is 0 Å². The highest BCUT2D eigenvalue weighted by Gasteiger charge is 2.08. The second-order valence-corrected chi connectivity index (χ2v) is 3.63. The van der Waals surface area contributed by atoms with Crippen LogP contribution in [0.3, 0.4) is 0 Å². The van der Waals surface area contributed by atoms with E-state index in [1.807, 2.05) is 19.2 Å². The molecule has 1 atom stereocenters. The molecule has 14 heavy (non-hydrogen) atoms. The van der Waals surface area contributed by atoms with Gasteiger partial charge < -0.3 is 5.32 Å². The lowest BCUT2D eigenvalue weighted by atomic mass is 9.96. The van der Waals surface area contributed by atoms with Crippen molar-refractivity contribution in [3.05, 3.63) is 35.6 Å². The predicted octanol–water partition coefficient (Wildman–Crippen LogP) is 2.61. The minimum absolute atomic E-state index is 0.0814.